The van der Waals surface area contributed by atoms with Crippen LogP contribution in [-0.4, -0.2) is 34.4 Å². The molecular weight excluding hydrogens is 382 g/mol. The Morgan fingerprint density at radius 3 is 2.80 bits per heavy atom. The van der Waals surface area contributed by atoms with E-state index in [4.69, 9.17) is 10.5 Å². The number of nitrogens with zero attached hydrogens (tertiary/aromatic N) is 3. The summed E-state index contributed by atoms with van der Waals surface area (Å²) in [5.74, 6) is 1.02. The van der Waals surface area contributed by atoms with Gasteiger partial charge in [0.05, 0.1) is 12.1 Å². The fraction of sp³-hybridized carbons (Fsp3) is 0.273. The zero-order valence-corrected chi connectivity index (χ0v) is 16.2. The van der Waals surface area contributed by atoms with Gasteiger partial charge in [0, 0.05) is 23.6 Å². The van der Waals surface area contributed by atoms with E-state index in [1.807, 2.05) is 24.4 Å². The first kappa shape index (κ1) is 19.6. The van der Waals surface area contributed by atoms with Crippen LogP contribution in [0.4, 0.5) is 5.69 Å². The van der Waals surface area contributed by atoms with Crippen LogP contribution in [0, 0.1) is 16.2 Å². The Kier molecular flexibility index (Phi) is 5.46. The van der Waals surface area contributed by atoms with Gasteiger partial charge >= 0.3 is 0 Å². The van der Waals surface area contributed by atoms with E-state index in [1.165, 1.54) is 0 Å². The van der Waals surface area contributed by atoms with Crippen LogP contribution in [0.2, 0.25) is 0 Å². The highest BCUT2D eigenvalue weighted by atomic mass is 16.5. The van der Waals surface area contributed by atoms with Gasteiger partial charge in [0.2, 0.25) is 5.91 Å². The zero-order chi connectivity index (χ0) is 21.1. The van der Waals surface area contributed by atoms with Crippen molar-refractivity contribution in [1.29, 1.82) is 5.26 Å². The van der Waals surface area contributed by atoms with Gasteiger partial charge in [-0.2, -0.15) is 5.26 Å². The fourth-order valence-electron chi connectivity index (χ4n) is 3.80. The van der Waals surface area contributed by atoms with Crippen LogP contribution in [0.3, 0.4) is 0 Å². The molecule has 8 heteroatoms. The monoisotopic (exact) mass is 403 g/mol. The molecular formula is C22H21N5O3. The van der Waals surface area contributed by atoms with E-state index in [0.717, 1.165) is 22.9 Å². The van der Waals surface area contributed by atoms with Gasteiger partial charge in [-0.25, -0.2) is 0 Å². The Bertz CT molecular complexity index is 1120. The number of aromatic amines is 1. The summed E-state index contributed by atoms with van der Waals surface area (Å²) in [6.45, 7) is 0.578. The molecule has 1 aromatic heterocycles. The van der Waals surface area contributed by atoms with Gasteiger partial charge in [0.25, 0.3) is 0 Å². The second-order valence-electron chi connectivity index (χ2n) is 7.34. The van der Waals surface area contributed by atoms with Gasteiger partial charge in [-0.1, -0.05) is 0 Å². The predicted octanol–water partition coefficient (Wildman–Crippen LogP) is 3.74. The van der Waals surface area contributed by atoms with Crippen molar-refractivity contribution < 1.29 is 9.53 Å². The molecule has 1 fully saturated rings. The first-order valence-corrected chi connectivity index (χ1v) is 9.76. The second kappa shape index (κ2) is 8.35. The SMILES string of the molecule is N#C[C@@H]1CCCN1C(=O)[C@@H](N)Cc1c[nH]c2ccc(Oc3ccc(N=O)cc3)cc12. The minimum atomic E-state index is -0.717. The number of carbonyl (C=O) groups is 1. The van der Waals surface area contributed by atoms with Gasteiger partial charge in [0.1, 0.15) is 23.2 Å². The average Bonchev–Trinajstić information content (AvgIpc) is 3.40. The van der Waals surface area contributed by atoms with Crippen LogP contribution >= 0.6 is 0 Å². The third-order valence-corrected chi connectivity index (χ3v) is 5.36. The number of ether oxygens (including phenoxy) is 1. The molecule has 0 saturated carbocycles. The molecule has 1 amide bonds. The number of benzene rings is 2. The predicted molar refractivity (Wildman–Crippen MR) is 112 cm³/mol. The number of aromatic nitrogens is 1. The molecule has 3 N–H and O–H groups in total. The molecule has 3 aromatic rings. The van der Waals surface area contributed by atoms with E-state index in [2.05, 4.69) is 16.2 Å². The van der Waals surface area contributed by atoms with Crippen LogP contribution in [0.5, 0.6) is 11.5 Å². The molecule has 1 aliphatic heterocycles. The largest absolute Gasteiger partial charge is 0.457 e. The molecule has 0 radical (unpaired) electrons. The maximum absolute atomic E-state index is 12.7. The molecule has 8 nitrogen and oxygen atoms in total. The Balaban J connectivity index is 1.51. The van der Waals surface area contributed by atoms with Crippen molar-refractivity contribution in [3.8, 4) is 17.6 Å². The minimum Gasteiger partial charge on any atom is -0.457 e. The van der Waals surface area contributed by atoms with E-state index in [0.29, 0.717) is 36.6 Å². The minimum absolute atomic E-state index is 0.190. The standard InChI is InChI=1S/C22H21N5O3/c23-12-16-2-1-9-27(16)22(28)20(24)10-14-13-25-21-8-7-18(11-19(14)21)30-17-5-3-15(26-29)4-6-17/h3-8,11,13,16,20,25H,1-2,9-10,24H2/t16-,20-/m0/s1. The molecule has 0 bridgehead atoms. The Hall–Kier alpha value is -3.70. The Labute approximate surface area is 173 Å². The molecule has 0 aliphatic carbocycles. The van der Waals surface area contributed by atoms with Crippen LogP contribution < -0.4 is 10.5 Å². The third kappa shape index (κ3) is 3.88. The molecule has 2 heterocycles. The number of H-pyrrole nitrogens is 1. The number of nitriles is 1. The number of likely N-dealkylation sites (tertiary alicyclic amines) is 1. The van der Waals surface area contributed by atoms with Crippen LogP contribution in [0.15, 0.2) is 53.8 Å². The number of carbonyl (C=O) groups excluding carboxylic acids is 1. The van der Waals surface area contributed by atoms with Gasteiger partial charge in [-0.05, 0) is 72.5 Å². The van der Waals surface area contributed by atoms with Crippen molar-refractivity contribution in [2.45, 2.75) is 31.3 Å². The van der Waals surface area contributed by atoms with Gasteiger partial charge in [-0.15, -0.1) is 4.91 Å². The second-order valence-corrected chi connectivity index (χ2v) is 7.34. The number of nitrogens with two attached hydrogens (primary N) is 1. The lowest BCUT2D eigenvalue weighted by Crippen LogP contribution is -2.46. The van der Waals surface area contributed by atoms with Crippen molar-refractivity contribution in [3.05, 3.63) is 59.1 Å². The maximum atomic E-state index is 12.7. The van der Waals surface area contributed by atoms with Gasteiger partial charge < -0.3 is 20.4 Å². The summed E-state index contributed by atoms with van der Waals surface area (Å²) in [4.78, 5) is 28.0. The zero-order valence-electron chi connectivity index (χ0n) is 16.2. The van der Waals surface area contributed by atoms with E-state index < -0.39 is 6.04 Å². The number of nitrogens with one attached hydrogen (secondary N) is 1. The quantitative estimate of drug-likeness (QED) is 0.607. The summed E-state index contributed by atoms with van der Waals surface area (Å²) < 4.78 is 5.87. The Morgan fingerprint density at radius 1 is 1.30 bits per heavy atom. The van der Waals surface area contributed by atoms with Crippen molar-refractivity contribution in [2.24, 2.45) is 10.9 Å². The van der Waals surface area contributed by atoms with Crippen molar-refractivity contribution >= 4 is 22.5 Å². The summed E-state index contributed by atoms with van der Waals surface area (Å²) in [5.41, 5.74) is 8.36. The number of amides is 1. The molecule has 0 spiro atoms. The fourth-order valence-corrected chi connectivity index (χ4v) is 3.80. The van der Waals surface area contributed by atoms with Crippen LogP contribution in [-0.2, 0) is 11.2 Å². The molecule has 30 heavy (non-hydrogen) atoms. The number of hydrogen-bond donors (Lipinski definition) is 2. The van der Waals surface area contributed by atoms with Gasteiger partial charge in [-0.3, -0.25) is 4.79 Å². The van der Waals surface area contributed by atoms with Crippen molar-refractivity contribution in [2.75, 3.05) is 6.54 Å². The topological polar surface area (TPSA) is 125 Å². The lowest BCUT2D eigenvalue weighted by atomic mass is 10.0. The Morgan fingerprint density at radius 2 is 2.07 bits per heavy atom. The molecule has 4 rings (SSSR count). The maximum Gasteiger partial charge on any atom is 0.240 e. The summed E-state index contributed by atoms with van der Waals surface area (Å²) in [7, 11) is 0. The smallest absolute Gasteiger partial charge is 0.240 e. The van der Waals surface area contributed by atoms with E-state index in [1.54, 1.807) is 29.2 Å². The summed E-state index contributed by atoms with van der Waals surface area (Å²) in [5, 5.41) is 13.0. The normalized spacial score (nSPS) is 16.9. The highest BCUT2D eigenvalue weighted by molar-refractivity contribution is 5.87. The first-order chi connectivity index (χ1) is 14.6. The van der Waals surface area contributed by atoms with Crippen molar-refractivity contribution in [1.82, 2.24) is 9.88 Å². The van der Waals surface area contributed by atoms with Gasteiger partial charge in [0.15, 0.2) is 0 Å². The molecule has 1 aliphatic rings. The molecule has 2 aromatic carbocycles. The summed E-state index contributed by atoms with van der Waals surface area (Å²) in [6, 6.07) is 13.2. The number of rotatable bonds is 6. The average molecular weight is 403 g/mol. The highest BCUT2D eigenvalue weighted by Crippen LogP contribution is 2.29. The number of hydrogen-bond acceptors (Lipinski definition) is 6. The number of fused-ring (bicyclic) bond motifs is 1. The van der Waals surface area contributed by atoms with E-state index >= 15 is 0 Å². The van der Waals surface area contributed by atoms with E-state index in [9.17, 15) is 15.0 Å². The van der Waals surface area contributed by atoms with E-state index in [-0.39, 0.29) is 11.9 Å². The van der Waals surface area contributed by atoms with Crippen LogP contribution in [0.1, 0.15) is 18.4 Å². The van der Waals surface area contributed by atoms with Crippen molar-refractivity contribution in [3.63, 3.8) is 0 Å². The molecule has 2 atom stereocenters. The molecule has 1 saturated heterocycles. The lowest BCUT2D eigenvalue weighted by Gasteiger charge is -2.23. The first-order valence-electron chi connectivity index (χ1n) is 9.76. The summed E-state index contributed by atoms with van der Waals surface area (Å²) in [6.07, 6.45) is 3.73. The lowest BCUT2D eigenvalue weighted by molar-refractivity contribution is -0.132. The summed E-state index contributed by atoms with van der Waals surface area (Å²) >= 11 is 0. The molecule has 0 unspecified atom stereocenters. The third-order valence-electron chi connectivity index (χ3n) is 5.36. The number of nitroso groups, excluding NO2 is 1. The van der Waals surface area contributed by atoms with Crippen LogP contribution in [0.25, 0.3) is 10.9 Å². The molecule has 152 valence electrons. The highest BCUT2D eigenvalue weighted by Gasteiger charge is 2.31.